The van der Waals surface area contributed by atoms with Gasteiger partial charge in [0.2, 0.25) is 0 Å². The third-order valence-corrected chi connectivity index (χ3v) is 2.43. The van der Waals surface area contributed by atoms with Gasteiger partial charge in [-0.25, -0.2) is 9.78 Å². The van der Waals surface area contributed by atoms with Gasteiger partial charge in [-0.15, -0.1) is 0 Å². The van der Waals surface area contributed by atoms with Crippen molar-refractivity contribution in [2.45, 2.75) is 5.16 Å². The van der Waals surface area contributed by atoms with Gasteiger partial charge in [-0.2, -0.15) is 10.2 Å². The quantitative estimate of drug-likeness (QED) is 0.694. The fourth-order valence-electron chi connectivity index (χ4n) is 1.11. The summed E-state index contributed by atoms with van der Waals surface area (Å²) in [6.45, 7) is 0. The number of nitriles is 1. The minimum absolute atomic E-state index is 0.239. The molecule has 5 nitrogen and oxygen atoms in total. The van der Waals surface area contributed by atoms with Gasteiger partial charge in [0.1, 0.15) is 5.65 Å². The zero-order valence-electron chi connectivity index (χ0n) is 7.62. The summed E-state index contributed by atoms with van der Waals surface area (Å²) >= 11 is 1.15. The van der Waals surface area contributed by atoms with Crippen LogP contribution >= 0.6 is 11.8 Å². The molecule has 2 heterocycles. The molecule has 2 aromatic rings. The summed E-state index contributed by atoms with van der Waals surface area (Å²) in [5.41, 5.74) is 0.166. The van der Waals surface area contributed by atoms with E-state index in [0.29, 0.717) is 10.8 Å². The van der Waals surface area contributed by atoms with Crippen LogP contribution in [0.15, 0.2) is 34.3 Å². The number of hydrogen-bond acceptors (Lipinski definition) is 5. The normalized spacial score (nSPS) is 10.1. The molecule has 0 spiro atoms. The van der Waals surface area contributed by atoms with Crippen molar-refractivity contribution in [1.29, 1.82) is 5.26 Å². The van der Waals surface area contributed by atoms with Crippen molar-refractivity contribution in [3.63, 3.8) is 0 Å². The van der Waals surface area contributed by atoms with Crippen LogP contribution in [0, 0.1) is 11.3 Å². The van der Waals surface area contributed by atoms with E-state index in [1.165, 1.54) is 4.40 Å². The predicted octanol–water partition coefficient (Wildman–Crippen LogP) is 0.705. The van der Waals surface area contributed by atoms with E-state index in [-0.39, 0.29) is 11.4 Å². The van der Waals surface area contributed by atoms with Crippen molar-refractivity contribution in [3.8, 4) is 6.07 Å². The van der Waals surface area contributed by atoms with Gasteiger partial charge in [0.25, 0.3) is 0 Å². The number of aromatic nitrogens is 3. The molecule has 0 N–H and O–H groups in total. The number of rotatable bonds is 2. The maximum Gasteiger partial charge on any atom is 0.355 e. The molecule has 0 saturated carbocycles. The molecule has 0 aliphatic carbocycles. The Kier molecular flexibility index (Phi) is 2.65. The Bertz CT molecular complexity index is 586. The van der Waals surface area contributed by atoms with E-state index in [2.05, 4.69) is 9.97 Å². The molecule has 2 aromatic heterocycles. The van der Waals surface area contributed by atoms with Crippen molar-refractivity contribution in [2.24, 2.45) is 0 Å². The molecule has 0 fully saturated rings. The SMILES string of the molecule is N#CCSc1nc(=O)n2ccccc2n1. The first-order chi connectivity index (χ1) is 7.31. The number of thioether (sulfide) groups is 1. The third kappa shape index (κ3) is 1.97. The van der Waals surface area contributed by atoms with Gasteiger partial charge in [0, 0.05) is 6.20 Å². The monoisotopic (exact) mass is 218 g/mol. The zero-order valence-corrected chi connectivity index (χ0v) is 8.44. The lowest BCUT2D eigenvalue weighted by molar-refractivity contribution is 0.848. The minimum Gasteiger partial charge on any atom is -0.251 e. The molecule has 15 heavy (non-hydrogen) atoms. The number of pyridine rings is 1. The summed E-state index contributed by atoms with van der Waals surface area (Å²) in [4.78, 5) is 19.4. The smallest absolute Gasteiger partial charge is 0.251 e. The van der Waals surface area contributed by atoms with E-state index >= 15 is 0 Å². The summed E-state index contributed by atoms with van der Waals surface area (Å²) in [5, 5.41) is 8.74. The molecule has 0 aromatic carbocycles. The van der Waals surface area contributed by atoms with Crippen LogP contribution in [0.1, 0.15) is 0 Å². The lowest BCUT2D eigenvalue weighted by atomic mass is 10.5. The molecule has 0 amide bonds. The van der Waals surface area contributed by atoms with Crippen molar-refractivity contribution in [1.82, 2.24) is 14.4 Å². The highest BCUT2D eigenvalue weighted by Crippen LogP contribution is 2.10. The van der Waals surface area contributed by atoms with Crippen LogP contribution in [0.3, 0.4) is 0 Å². The summed E-state index contributed by atoms with van der Waals surface area (Å²) in [7, 11) is 0. The van der Waals surface area contributed by atoms with Gasteiger partial charge in [-0.1, -0.05) is 17.8 Å². The molecule has 2 rings (SSSR count). The molecular weight excluding hydrogens is 212 g/mol. The van der Waals surface area contributed by atoms with Crippen LogP contribution in [0.25, 0.3) is 5.65 Å². The van der Waals surface area contributed by atoms with E-state index in [1.807, 2.05) is 6.07 Å². The molecule has 0 unspecified atom stereocenters. The molecule has 0 bridgehead atoms. The van der Waals surface area contributed by atoms with Crippen LogP contribution in [0.5, 0.6) is 0 Å². The molecular formula is C9H6N4OS. The molecule has 0 aliphatic rings. The highest BCUT2D eigenvalue weighted by Gasteiger charge is 2.02. The maximum atomic E-state index is 11.5. The van der Waals surface area contributed by atoms with Crippen LogP contribution in [0.2, 0.25) is 0 Å². The van der Waals surface area contributed by atoms with E-state index in [1.54, 1.807) is 24.4 Å². The van der Waals surface area contributed by atoms with Crippen molar-refractivity contribution < 1.29 is 0 Å². The molecule has 0 aliphatic heterocycles. The Morgan fingerprint density at radius 1 is 1.47 bits per heavy atom. The highest BCUT2D eigenvalue weighted by molar-refractivity contribution is 7.99. The average Bonchev–Trinajstić information content (AvgIpc) is 2.26. The van der Waals surface area contributed by atoms with Crippen molar-refractivity contribution in [2.75, 3.05) is 5.75 Å². The second kappa shape index (κ2) is 4.11. The van der Waals surface area contributed by atoms with Gasteiger partial charge < -0.3 is 0 Å². The first-order valence-electron chi connectivity index (χ1n) is 4.16. The number of fused-ring (bicyclic) bond motifs is 1. The molecule has 0 radical (unpaired) electrons. The molecule has 74 valence electrons. The van der Waals surface area contributed by atoms with E-state index in [4.69, 9.17) is 5.26 Å². The fourth-order valence-corrected chi connectivity index (χ4v) is 1.60. The fraction of sp³-hybridized carbons (Fsp3) is 0.111. The largest absolute Gasteiger partial charge is 0.355 e. The van der Waals surface area contributed by atoms with Gasteiger partial charge in [0.05, 0.1) is 11.8 Å². The van der Waals surface area contributed by atoms with E-state index < -0.39 is 0 Å². The summed E-state index contributed by atoms with van der Waals surface area (Å²) in [6, 6.07) is 7.21. The number of nitrogens with zero attached hydrogens (tertiary/aromatic N) is 4. The standard InChI is InChI=1S/C9H6N4OS/c10-4-6-15-8-11-7-3-1-2-5-13(7)9(14)12-8/h1-3,5H,6H2. The van der Waals surface area contributed by atoms with Crippen LogP contribution in [0.4, 0.5) is 0 Å². The summed E-state index contributed by atoms with van der Waals surface area (Å²) in [5.74, 6) is 0.239. The zero-order chi connectivity index (χ0) is 10.7. The van der Waals surface area contributed by atoms with Crippen LogP contribution in [-0.2, 0) is 0 Å². The van der Waals surface area contributed by atoms with Crippen LogP contribution in [-0.4, -0.2) is 20.1 Å². The third-order valence-electron chi connectivity index (χ3n) is 1.71. The maximum absolute atomic E-state index is 11.5. The van der Waals surface area contributed by atoms with Gasteiger partial charge in [-0.3, -0.25) is 4.40 Å². The lowest BCUT2D eigenvalue weighted by Gasteiger charge is -1.99. The Hall–Kier alpha value is -1.87. The first-order valence-corrected chi connectivity index (χ1v) is 5.15. The minimum atomic E-state index is -0.374. The number of hydrogen-bond donors (Lipinski definition) is 0. The van der Waals surface area contributed by atoms with Crippen LogP contribution < -0.4 is 5.69 Å². The van der Waals surface area contributed by atoms with Crippen molar-refractivity contribution in [3.05, 3.63) is 34.9 Å². The van der Waals surface area contributed by atoms with Gasteiger partial charge in [-0.05, 0) is 12.1 Å². The van der Waals surface area contributed by atoms with E-state index in [9.17, 15) is 4.79 Å². The van der Waals surface area contributed by atoms with Gasteiger partial charge >= 0.3 is 5.69 Å². The van der Waals surface area contributed by atoms with Gasteiger partial charge in [0.15, 0.2) is 5.16 Å². The lowest BCUT2D eigenvalue weighted by Crippen LogP contribution is -2.18. The Balaban J connectivity index is 2.54. The summed E-state index contributed by atoms with van der Waals surface area (Å²) in [6.07, 6.45) is 1.61. The molecule has 0 atom stereocenters. The molecule has 0 saturated heterocycles. The highest BCUT2D eigenvalue weighted by atomic mass is 32.2. The first kappa shape index (κ1) is 9.68. The Morgan fingerprint density at radius 2 is 2.33 bits per heavy atom. The Morgan fingerprint density at radius 3 is 3.13 bits per heavy atom. The average molecular weight is 218 g/mol. The predicted molar refractivity (Wildman–Crippen MR) is 55.6 cm³/mol. The summed E-state index contributed by atoms with van der Waals surface area (Å²) < 4.78 is 1.36. The van der Waals surface area contributed by atoms with E-state index in [0.717, 1.165) is 11.8 Å². The molecule has 6 heteroatoms. The second-order valence-electron chi connectivity index (χ2n) is 2.66. The topological polar surface area (TPSA) is 71.0 Å². The van der Waals surface area contributed by atoms with Crippen molar-refractivity contribution >= 4 is 17.4 Å². The Labute approximate surface area is 89.4 Å². The second-order valence-corrected chi connectivity index (χ2v) is 3.61.